The van der Waals surface area contributed by atoms with Gasteiger partial charge >= 0.3 is 6.09 Å². The summed E-state index contributed by atoms with van der Waals surface area (Å²) < 4.78 is 5.46. The maximum Gasteiger partial charge on any atom is 0.410 e. The molecule has 1 saturated carbocycles. The van der Waals surface area contributed by atoms with Gasteiger partial charge < -0.3 is 30.7 Å². The third-order valence-corrected chi connectivity index (χ3v) is 7.76. The van der Waals surface area contributed by atoms with Crippen LogP contribution in [0.15, 0.2) is 24.5 Å². The van der Waals surface area contributed by atoms with Crippen LogP contribution in [0.25, 0.3) is 11.3 Å². The zero-order valence-corrected chi connectivity index (χ0v) is 25.5. The van der Waals surface area contributed by atoms with Gasteiger partial charge in [0, 0.05) is 44.6 Å². The molecule has 11 nitrogen and oxygen atoms in total. The van der Waals surface area contributed by atoms with Gasteiger partial charge in [-0.3, -0.25) is 9.78 Å². The molecule has 2 aromatic rings. The van der Waals surface area contributed by atoms with Gasteiger partial charge in [0.2, 0.25) is 5.95 Å². The van der Waals surface area contributed by atoms with Gasteiger partial charge in [0.1, 0.15) is 11.4 Å². The van der Waals surface area contributed by atoms with E-state index in [0.717, 1.165) is 57.2 Å². The smallest absolute Gasteiger partial charge is 0.410 e. The van der Waals surface area contributed by atoms with Gasteiger partial charge in [0.05, 0.1) is 22.9 Å². The highest BCUT2D eigenvalue weighted by molar-refractivity contribution is 5.94. The first kappa shape index (κ1) is 31.5. The van der Waals surface area contributed by atoms with Crippen molar-refractivity contribution in [2.24, 2.45) is 5.92 Å². The van der Waals surface area contributed by atoms with E-state index in [2.05, 4.69) is 32.8 Å². The summed E-state index contributed by atoms with van der Waals surface area (Å²) in [5, 5.41) is 19.7. The topological polar surface area (TPSA) is 142 Å². The van der Waals surface area contributed by atoms with Crippen molar-refractivity contribution in [2.75, 3.05) is 36.8 Å². The summed E-state index contributed by atoms with van der Waals surface area (Å²) in [6, 6.07) is 3.58. The molecule has 1 aliphatic heterocycles. The van der Waals surface area contributed by atoms with E-state index in [9.17, 15) is 14.7 Å². The number of aliphatic hydroxyl groups excluding tert-OH is 1. The quantitative estimate of drug-likeness (QED) is 0.290. The second-order valence-corrected chi connectivity index (χ2v) is 12.4. The Kier molecular flexibility index (Phi) is 11.0. The van der Waals surface area contributed by atoms with Crippen LogP contribution in [0.2, 0.25) is 0 Å². The Hall–Kier alpha value is -3.47. The number of hydrogen-bond acceptors (Lipinski definition) is 9. The third-order valence-electron chi connectivity index (χ3n) is 7.76. The molecular weight excluding hydrogens is 534 g/mol. The minimum Gasteiger partial charge on any atom is -0.444 e. The highest BCUT2D eigenvalue weighted by Gasteiger charge is 2.28. The fraction of sp³-hybridized carbons (Fsp3) is 0.645. The predicted octanol–water partition coefficient (Wildman–Crippen LogP) is 4.84. The Balaban J connectivity index is 1.37. The lowest BCUT2D eigenvalue weighted by molar-refractivity contribution is 0.0199. The van der Waals surface area contributed by atoms with Crippen LogP contribution in [0, 0.1) is 5.92 Å². The van der Waals surface area contributed by atoms with Crippen LogP contribution < -0.4 is 16.0 Å². The van der Waals surface area contributed by atoms with E-state index in [1.807, 2.05) is 26.8 Å². The normalized spacial score (nSPS) is 19.7. The Bertz CT molecular complexity index is 1170. The number of nitrogens with one attached hydrogen (secondary N) is 3. The molecule has 0 spiro atoms. The third kappa shape index (κ3) is 9.27. The SMILES string of the molecule is CCCCNc1ncc(-c2ccc(C(=O)NC3CCN(C(=O)OC(C)(C)C)CC3)cn2)c(NCC2CCC(O)CC2)n1. The molecule has 2 amide bonds. The van der Waals surface area contributed by atoms with Crippen molar-refractivity contribution in [2.45, 2.75) is 96.8 Å². The van der Waals surface area contributed by atoms with Crippen molar-refractivity contribution in [3.05, 3.63) is 30.1 Å². The van der Waals surface area contributed by atoms with Crippen LogP contribution in [0.5, 0.6) is 0 Å². The number of carbonyl (C=O) groups excluding carboxylic acids is 2. The van der Waals surface area contributed by atoms with Crippen molar-refractivity contribution in [1.29, 1.82) is 0 Å². The Morgan fingerprint density at radius 3 is 2.40 bits per heavy atom. The summed E-state index contributed by atoms with van der Waals surface area (Å²) in [6.45, 7) is 10.3. The van der Waals surface area contributed by atoms with Crippen molar-refractivity contribution >= 4 is 23.8 Å². The molecule has 1 aliphatic carbocycles. The second-order valence-electron chi connectivity index (χ2n) is 12.4. The first-order valence-electron chi connectivity index (χ1n) is 15.4. The van der Waals surface area contributed by atoms with Gasteiger partial charge in [-0.2, -0.15) is 4.98 Å². The molecule has 0 unspecified atom stereocenters. The summed E-state index contributed by atoms with van der Waals surface area (Å²) in [4.78, 5) is 40.9. The minimum absolute atomic E-state index is 0.0197. The van der Waals surface area contributed by atoms with E-state index in [0.29, 0.717) is 54.9 Å². The second kappa shape index (κ2) is 14.6. The number of piperidine rings is 1. The summed E-state index contributed by atoms with van der Waals surface area (Å²) >= 11 is 0. The van der Waals surface area contributed by atoms with Gasteiger partial charge in [0.15, 0.2) is 0 Å². The number of aromatic nitrogens is 3. The Morgan fingerprint density at radius 1 is 1.02 bits per heavy atom. The molecule has 0 atom stereocenters. The molecular formula is C31H47N7O4. The lowest BCUT2D eigenvalue weighted by Crippen LogP contribution is -2.47. The largest absolute Gasteiger partial charge is 0.444 e. The number of ether oxygens (including phenoxy) is 1. The van der Waals surface area contributed by atoms with E-state index in [4.69, 9.17) is 9.72 Å². The van der Waals surface area contributed by atoms with Gasteiger partial charge in [-0.05, 0) is 83.8 Å². The number of anilines is 2. The number of amides is 2. The molecule has 4 N–H and O–H groups in total. The van der Waals surface area contributed by atoms with Crippen molar-refractivity contribution in [1.82, 2.24) is 25.2 Å². The van der Waals surface area contributed by atoms with Crippen LogP contribution in [-0.2, 0) is 4.74 Å². The first-order chi connectivity index (χ1) is 20.1. The molecule has 2 aromatic heterocycles. The van der Waals surface area contributed by atoms with E-state index >= 15 is 0 Å². The number of likely N-dealkylation sites (tertiary alicyclic amines) is 1. The molecule has 2 aliphatic rings. The van der Waals surface area contributed by atoms with E-state index < -0.39 is 5.60 Å². The number of nitrogens with zero attached hydrogens (tertiary/aromatic N) is 4. The lowest BCUT2D eigenvalue weighted by atomic mass is 9.87. The zero-order chi connectivity index (χ0) is 30.1. The number of pyridine rings is 1. The summed E-state index contributed by atoms with van der Waals surface area (Å²) in [5.74, 6) is 1.57. The van der Waals surface area contributed by atoms with Crippen molar-refractivity contribution < 1.29 is 19.4 Å². The molecule has 1 saturated heterocycles. The molecule has 0 aromatic carbocycles. The molecule has 230 valence electrons. The van der Waals surface area contributed by atoms with Gasteiger partial charge in [0.25, 0.3) is 5.91 Å². The van der Waals surface area contributed by atoms with Crippen molar-refractivity contribution in [3.63, 3.8) is 0 Å². The molecule has 0 radical (unpaired) electrons. The Morgan fingerprint density at radius 2 is 1.76 bits per heavy atom. The molecule has 11 heteroatoms. The van der Waals surface area contributed by atoms with Crippen LogP contribution >= 0.6 is 0 Å². The van der Waals surface area contributed by atoms with Gasteiger partial charge in [-0.25, -0.2) is 9.78 Å². The number of aliphatic hydroxyl groups is 1. The van der Waals surface area contributed by atoms with Crippen LogP contribution in [0.4, 0.5) is 16.6 Å². The van der Waals surface area contributed by atoms with Crippen LogP contribution in [-0.4, -0.2) is 80.9 Å². The summed E-state index contributed by atoms with van der Waals surface area (Å²) in [7, 11) is 0. The average molecular weight is 582 g/mol. The summed E-state index contributed by atoms with van der Waals surface area (Å²) in [5.41, 5.74) is 1.40. The van der Waals surface area contributed by atoms with E-state index in [1.165, 1.54) is 0 Å². The molecule has 3 heterocycles. The zero-order valence-electron chi connectivity index (χ0n) is 25.5. The maximum absolute atomic E-state index is 13.0. The number of carbonyl (C=O) groups is 2. The van der Waals surface area contributed by atoms with E-state index in [1.54, 1.807) is 23.4 Å². The Labute approximate surface area is 249 Å². The average Bonchev–Trinajstić information content (AvgIpc) is 2.97. The maximum atomic E-state index is 13.0. The fourth-order valence-electron chi connectivity index (χ4n) is 5.25. The first-order valence-corrected chi connectivity index (χ1v) is 15.4. The molecule has 42 heavy (non-hydrogen) atoms. The molecule has 2 fully saturated rings. The fourth-order valence-corrected chi connectivity index (χ4v) is 5.25. The standard InChI is InChI=1S/C31H47N7O4/c1-5-6-15-32-29-35-20-25(27(37-29)34-18-21-7-10-24(39)11-8-21)26-12-9-22(19-33-26)28(40)36-23-13-16-38(17-14-23)30(41)42-31(2,3)4/h9,12,19-21,23-24,39H,5-8,10-11,13-18H2,1-4H3,(H,36,40)(H2,32,34,35,37). The van der Waals surface area contributed by atoms with Crippen LogP contribution in [0.1, 0.15) is 89.4 Å². The number of unbranched alkanes of at least 4 members (excludes halogenated alkanes) is 1. The van der Waals surface area contributed by atoms with Gasteiger partial charge in [-0.15, -0.1) is 0 Å². The lowest BCUT2D eigenvalue weighted by Gasteiger charge is -2.33. The summed E-state index contributed by atoms with van der Waals surface area (Å²) in [6.07, 6.45) is 9.95. The molecule has 4 rings (SSSR count). The van der Waals surface area contributed by atoms with Crippen molar-refractivity contribution in [3.8, 4) is 11.3 Å². The minimum atomic E-state index is -0.530. The van der Waals surface area contributed by atoms with Crippen LogP contribution in [0.3, 0.4) is 0 Å². The van der Waals surface area contributed by atoms with E-state index in [-0.39, 0.29) is 24.1 Å². The van der Waals surface area contributed by atoms with Gasteiger partial charge in [-0.1, -0.05) is 13.3 Å². The highest BCUT2D eigenvalue weighted by atomic mass is 16.6. The molecule has 0 bridgehead atoms. The monoisotopic (exact) mass is 581 g/mol. The predicted molar refractivity (Wildman–Crippen MR) is 163 cm³/mol. The number of hydrogen-bond donors (Lipinski definition) is 4. The number of rotatable bonds is 10. The highest BCUT2D eigenvalue weighted by Crippen LogP contribution is 2.28.